The molecule has 1 saturated carbocycles. The Morgan fingerprint density at radius 3 is 2.71 bits per heavy atom. The summed E-state index contributed by atoms with van der Waals surface area (Å²) in [4.78, 5) is 36.5. The number of nitrogen functional groups attached to an aromatic ring is 1. The molecule has 2 aromatic carbocycles. The maximum atomic E-state index is 14.0. The Bertz CT molecular complexity index is 1810. The molecule has 1 aliphatic carbocycles. The van der Waals surface area contributed by atoms with Crippen LogP contribution in [0.5, 0.6) is 0 Å². The molecule has 0 unspecified atom stereocenters. The Kier molecular flexibility index (Phi) is 5.85. The smallest absolute Gasteiger partial charge is 0.267 e. The number of benzene rings is 2. The van der Waals surface area contributed by atoms with E-state index in [4.69, 9.17) is 10.7 Å². The zero-order valence-electron chi connectivity index (χ0n) is 20.8. The van der Waals surface area contributed by atoms with Crippen molar-refractivity contribution in [3.05, 3.63) is 94.3 Å². The zero-order chi connectivity index (χ0) is 26.2. The van der Waals surface area contributed by atoms with Gasteiger partial charge in [-0.05, 0) is 50.1 Å². The van der Waals surface area contributed by atoms with Crippen LogP contribution in [-0.4, -0.2) is 30.1 Å². The van der Waals surface area contributed by atoms with E-state index in [9.17, 15) is 9.59 Å². The van der Waals surface area contributed by atoms with E-state index in [-0.39, 0.29) is 16.9 Å². The second kappa shape index (κ2) is 9.48. The number of fused-ring (bicyclic) bond motifs is 2. The summed E-state index contributed by atoms with van der Waals surface area (Å²) in [6, 6.07) is 15.8. The summed E-state index contributed by atoms with van der Waals surface area (Å²) >= 11 is 0. The SMILES string of the molecule is C[C@H](NC(=O)c1c(N)nn2cccnc12)c1nc2cccc(C#CC3CCC3)c2c(=O)n1-c1ccccc1. The van der Waals surface area contributed by atoms with Crippen LogP contribution >= 0.6 is 0 Å². The first-order valence-corrected chi connectivity index (χ1v) is 12.5. The van der Waals surface area contributed by atoms with Gasteiger partial charge in [0, 0.05) is 23.9 Å². The molecule has 0 bridgehead atoms. The van der Waals surface area contributed by atoms with Gasteiger partial charge in [0.15, 0.2) is 11.5 Å². The fraction of sp³-hybridized carbons (Fsp3) is 0.207. The average Bonchev–Trinajstić information content (AvgIpc) is 3.23. The summed E-state index contributed by atoms with van der Waals surface area (Å²) in [5.41, 5.74) is 8.14. The topological polar surface area (TPSA) is 120 Å². The highest BCUT2D eigenvalue weighted by Crippen LogP contribution is 2.26. The summed E-state index contributed by atoms with van der Waals surface area (Å²) in [5, 5.41) is 7.57. The van der Waals surface area contributed by atoms with Gasteiger partial charge in [0.25, 0.3) is 11.5 Å². The van der Waals surface area contributed by atoms with E-state index in [1.54, 1.807) is 36.0 Å². The van der Waals surface area contributed by atoms with Crippen molar-refractivity contribution in [2.24, 2.45) is 5.92 Å². The number of aromatic nitrogens is 5. The predicted octanol–water partition coefficient (Wildman–Crippen LogP) is 3.65. The van der Waals surface area contributed by atoms with Gasteiger partial charge in [0.2, 0.25) is 0 Å². The van der Waals surface area contributed by atoms with Crippen molar-refractivity contribution in [3.8, 4) is 17.5 Å². The molecule has 0 spiro atoms. The van der Waals surface area contributed by atoms with Crippen molar-refractivity contribution >= 4 is 28.3 Å². The number of nitrogens with two attached hydrogens (primary N) is 1. The lowest BCUT2D eigenvalue weighted by molar-refractivity contribution is 0.0940. The molecule has 38 heavy (non-hydrogen) atoms. The van der Waals surface area contributed by atoms with E-state index in [1.807, 2.05) is 42.5 Å². The molecule has 1 aliphatic rings. The van der Waals surface area contributed by atoms with Crippen molar-refractivity contribution < 1.29 is 4.79 Å². The molecule has 5 aromatic rings. The summed E-state index contributed by atoms with van der Waals surface area (Å²) in [6.07, 6.45) is 6.63. The van der Waals surface area contributed by atoms with Gasteiger partial charge in [-0.1, -0.05) is 42.5 Å². The van der Waals surface area contributed by atoms with Crippen LogP contribution < -0.4 is 16.6 Å². The number of amides is 1. The highest BCUT2D eigenvalue weighted by atomic mass is 16.2. The predicted molar refractivity (Wildman–Crippen MR) is 145 cm³/mol. The highest BCUT2D eigenvalue weighted by Gasteiger charge is 2.25. The van der Waals surface area contributed by atoms with Crippen LogP contribution in [0.2, 0.25) is 0 Å². The van der Waals surface area contributed by atoms with E-state index in [1.165, 1.54) is 10.9 Å². The van der Waals surface area contributed by atoms with Crippen molar-refractivity contribution in [3.63, 3.8) is 0 Å². The standard InChI is InChI=1S/C29H25N7O2/c1-18(32-28(37)24-25(30)34-35-17-7-16-31-27(24)35)26-33-22-13-6-10-20(15-14-19-8-5-9-19)23(22)29(38)36(26)21-11-3-2-4-12-21/h2-4,6-7,10-13,16-19H,5,8-9H2,1H3,(H2,30,34)(H,32,37)/t18-/m0/s1. The van der Waals surface area contributed by atoms with E-state index in [0.717, 1.165) is 12.8 Å². The van der Waals surface area contributed by atoms with Crippen molar-refractivity contribution in [1.82, 2.24) is 29.5 Å². The number of hydrogen-bond donors (Lipinski definition) is 2. The van der Waals surface area contributed by atoms with E-state index < -0.39 is 11.9 Å². The minimum atomic E-state index is -0.650. The lowest BCUT2D eigenvalue weighted by Gasteiger charge is -2.20. The maximum Gasteiger partial charge on any atom is 0.267 e. The number of carbonyl (C=O) groups excluding carboxylic acids is 1. The molecular weight excluding hydrogens is 478 g/mol. The number of rotatable bonds is 4. The van der Waals surface area contributed by atoms with Gasteiger partial charge in [0.05, 0.1) is 22.6 Å². The molecule has 9 heteroatoms. The minimum Gasteiger partial charge on any atom is -0.381 e. The van der Waals surface area contributed by atoms with Gasteiger partial charge in [-0.25, -0.2) is 14.5 Å². The molecular formula is C29H25N7O2. The third-order valence-corrected chi connectivity index (χ3v) is 6.84. The molecule has 1 atom stereocenters. The van der Waals surface area contributed by atoms with Gasteiger partial charge >= 0.3 is 0 Å². The summed E-state index contributed by atoms with van der Waals surface area (Å²) in [6.45, 7) is 1.78. The molecule has 3 N–H and O–H groups in total. The molecule has 188 valence electrons. The first-order valence-electron chi connectivity index (χ1n) is 12.5. The molecule has 9 nitrogen and oxygen atoms in total. The van der Waals surface area contributed by atoms with E-state index >= 15 is 0 Å². The fourth-order valence-corrected chi connectivity index (χ4v) is 4.66. The Morgan fingerprint density at radius 1 is 1.13 bits per heavy atom. The van der Waals surface area contributed by atoms with Crippen molar-refractivity contribution in [1.29, 1.82) is 0 Å². The molecule has 1 fully saturated rings. The Balaban J connectivity index is 1.47. The third-order valence-electron chi connectivity index (χ3n) is 6.84. The fourth-order valence-electron chi connectivity index (χ4n) is 4.66. The molecule has 1 amide bonds. The number of nitrogens with zero attached hydrogens (tertiary/aromatic N) is 5. The average molecular weight is 504 g/mol. The molecule has 0 aliphatic heterocycles. The molecule has 0 radical (unpaired) electrons. The van der Waals surface area contributed by atoms with Crippen LogP contribution in [0.25, 0.3) is 22.2 Å². The molecule has 6 rings (SSSR count). The van der Waals surface area contributed by atoms with Crippen molar-refractivity contribution in [2.75, 3.05) is 5.73 Å². The number of nitrogens with one attached hydrogen (secondary N) is 1. The quantitative estimate of drug-likeness (QED) is 0.361. The first kappa shape index (κ1) is 23.4. The summed E-state index contributed by atoms with van der Waals surface area (Å²) in [5.74, 6) is 6.90. The first-order chi connectivity index (χ1) is 18.5. The number of carbonyl (C=O) groups is 1. The third kappa shape index (κ3) is 4.06. The molecule has 3 heterocycles. The second-order valence-corrected chi connectivity index (χ2v) is 9.39. The second-order valence-electron chi connectivity index (χ2n) is 9.39. The number of anilines is 1. The maximum absolute atomic E-state index is 14.0. The van der Waals surface area contributed by atoms with Crippen LogP contribution in [0.4, 0.5) is 5.82 Å². The Morgan fingerprint density at radius 2 is 1.95 bits per heavy atom. The van der Waals surface area contributed by atoms with Crippen LogP contribution in [0.1, 0.15) is 54.0 Å². The van der Waals surface area contributed by atoms with Gasteiger partial charge < -0.3 is 11.1 Å². The Labute approximate surface area is 218 Å². The van der Waals surface area contributed by atoms with Gasteiger partial charge in [-0.15, -0.1) is 5.10 Å². The van der Waals surface area contributed by atoms with Crippen molar-refractivity contribution in [2.45, 2.75) is 32.2 Å². The number of para-hydroxylation sites is 1. The lowest BCUT2D eigenvalue weighted by Crippen LogP contribution is -2.33. The van der Waals surface area contributed by atoms with Crippen LogP contribution in [0.3, 0.4) is 0 Å². The van der Waals surface area contributed by atoms with E-state index in [0.29, 0.717) is 39.5 Å². The number of hydrogen-bond acceptors (Lipinski definition) is 6. The lowest BCUT2D eigenvalue weighted by atomic mass is 9.86. The van der Waals surface area contributed by atoms with Crippen LogP contribution in [0, 0.1) is 17.8 Å². The summed E-state index contributed by atoms with van der Waals surface area (Å²) < 4.78 is 2.99. The normalized spacial score (nSPS) is 14.0. The largest absolute Gasteiger partial charge is 0.381 e. The van der Waals surface area contributed by atoms with Gasteiger partial charge in [-0.3, -0.25) is 14.2 Å². The summed E-state index contributed by atoms with van der Waals surface area (Å²) in [7, 11) is 0. The zero-order valence-corrected chi connectivity index (χ0v) is 20.8. The Hall–Kier alpha value is -4.97. The van der Waals surface area contributed by atoms with E-state index in [2.05, 4.69) is 27.2 Å². The highest BCUT2D eigenvalue weighted by molar-refractivity contribution is 6.04. The van der Waals surface area contributed by atoms with Gasteiger partial charge in [0.1, 0.15) is 11.4 Å². The van der Waals surface area contributed by atoms with Crippen LogP contribution in [-0.2, 0) is 0 Å². The van der Waals surface area contributed by atoms with Gasteiger partial charge in [-0.2, -0.15) is 0 Å². The minimum absolute atomic E-state index is 0.0648. The van der Waals surface area contributed by atoms with Crippen LogP contribution in [0.15, 0.2) is 71.8 Å². The monoisotopic (exact) mass is 503 g/mol. The molecule has 0 saturated heterocycles. The molecule has 3 aromatic heterocycles.